The summed E-state index contributed by atoms with van der Waals surface area (Å²) in [7, 11) is -3.27. The molecule has 1 saturated carbocycles. The van der Waals surface area contributed by atoms with Crippen LogP contribution in [0.25, 0.3) is 0 Å². The topological polar surface area (TPSA) is 76.7 Å². The number of hydrogen-bond donors (Lipinski definition) is 2. The molecule has 0 radical (unpaired) electrons. The standard InChI is InChI=1S/C21H32F2N2O4S/c1-3-28-21-17(11-15(22)12-18(21)23)14-6-8-16(9-7-14)29-13-20-19(5-4-10-24-20)25-30(2,26)27/h11-12,14,16,19-20,24-25H,3-10,13H2,1-2H3/t14?,16?,19-,20-/m0/s1. The Hall–Kier alpha value is -1.29. The molecule has 9 heteroatoms. The van der Waals surface area contributed by atoms with Crippen molar-refractivity contribution in [3.63, 3.8) is 0 Å². The van der Waals surface area contributed by atoms with Crippen LogP contribution in [0, 0.1) is 11.6 Å². The lowest BCUT2D eigenvalue weighted by Gasteiger charge is -2.35. The summed E-state index contributed by atoms with van der Waals surface area (Å²) in [5.41, 5.74) is 0.596. The van der Waals surface area contributed by atoms with Gasteiger partial charge in [-0.2, -0.15) is 0 Å². The van der Waals surface area contributed by atoms with E-state index in [2.05, 4.69) is 10.0 Å². The molecule has 170 valence electrons. The lowest BCUT2D eigenvalue weighted by molar-refractivity contribution is 0.00507. The molecular formula is C21H32F2N2O4S. The molecule has 1 aliphatic carbocycles. The highest BCUT2D eigenvalue weighted by Gasteiger charge is 2.30. The van der Waals surface area contributed by atoms with Gasteiger partial charge in [-0.3, -0.25) is 0 Å². The maximum absolute atomic E-state index is 14.2. The highest BCUT2D eigenvalue weighted by Crippen LogP contribution is 2.40. The van der Waals surface area contributed by atoms with Crippen molar-refractivity contribution in [3.8, 4) is 5.75 Å². The fourth-order valence-electron chi connectivity index (χ4n) is 4.50. The second kappa shape index (κ2) is 10.3. The molecule has 0 unspecified atom stereocenters. The molecule has 0 bridgehead atoms. The fourth-order valence-corrected chi connectivity index (χ4v) is 5.34. The van der Waals surface area contributed by atoms with Crippen LogP contribution in [0.3, 0.4) is 0 Å². The van der Waals surface area contributed by atoms with Crippen molar-refractivity contribution in [2.45, 2.75) is 69.6 Å². The van der Waals surface area contributed by atoms with Crippen LogP contribution in [0.1, 0.15) is 56.9 Å². The van der Waals surface area contributed by atoms with Gasteiger partial charge >= 0.3 is 0 Å². The first-order valence-corrected chi connectivity index (χ1v) is 12.6. The van der Waals surface area contributed by atoms with Crippen LogP contribution in [0.5, 0.6) is 5.75 Å². The molecule has 1 heterocycles. The van der Waals surface area contributed by atoms with E-state index in [1.54, 1.807) is 6.92 Å². The van der Waals surface area contributed by atoms with Crippen LogP contribution in [0.4, 0.5) is 8.78 Å². The van der Waals surface area contributed by atoms with Gasteiger partial charge in [0, 0.05) is 23.7 Å². The summed E-state index contributed by atoms with van der Waals surface area (Å²) in [4.78, 5) is 0. The molecular weight excluding hydrogens is 414 g/mol. The number of piperidine rings is 1. The van der Waals surface area contributed by atoms with Gasteiger partial charge in [0.15, 0.2) is 11.6 Å². The summed E-state index contributed by atoms with van der Waals surface area (Å²) in [6, 6.07) is 2.01. The smallest absolute Gasteiger partial charge is 0.209 e. The Labute approximate surface area is 177 Å². The van der Waals surface area contributed by atoms with Crippen LogP contribution >= 0.6 is 0 Å². The first-order valence-electron chi connectivity index (χ1n) is 10.7. The highest BCUT2D eigenvalue weighted by atomic mass is 32.2. The lowest BCUT2D eigenvalue weighted by atomic mass is 9.82. The van der Waals surface area contributed by atoms with E-state index in [4.69, 9.17) is 9.47 Å². The van der Waals surface area contributed by atoms with E-state index < -0.39 is 21.7 Å². The van der Waals surface area contributed by atoms with Gasteiger partial charge in [-0.15, -0.1) is 0 Å². The second-order valence-corrected chi connectivity index (χ2v) is 10.0. The largest absolute Gasteiger partial charge is 0.491 e. The summed E-state index contributed by atoms with van der Waals surface area (Å²) >= 11 is 0. The maximum atomic E-state index is 14.2. The number of benzene rings is 1. The van der Waals surface area contributed by atoms with E-state index in [9.17, 15) is 17.2 Å². The first-order chi connectivity index (χ1) is 14.3. The Kier molecular flexibility index (Phi) is 8.06. The zero-order chi connectivity index (χ0) is 21.7. The van der Waals surface area contributed by atoms with Gasteiger partial charge in [-0.25, -0.2) is 21.9 Å². The molecule has 2 N–H and O–H groups in total. The minimum Gasteiger partial charge on any atom is -0.491 e. The minimum atomic E-state index is -3.27. The van der Waals surface area contributed by atoms with Gasteiger partial charge < -0.3 is 14.8 Å². The van der Waals surface area contributed by atoms with Crippen molar-refractivity contribution < 1.29 is 26.7 Å². The van der Waals surface area contributed by atoms with Gasteiger partial charge in [0.05, 0.1) is 25.6 Å². The van der Waals surface area contributed by atoms with Gasteiger partial charge in [0.2, 0.25) is 10.0 Å². The number of ether oxygens (including phenoxy) is 2. The van der Waals surface area contributed by atoms with Gasteiger partial charge in [-0.05, 0) is 64.0 Å². The van der Waals surface area contributed by atoms with E-state index in [1.165, 1.54) is 12.3 Å². The molecule has 1 aromatic carbocycles. The molecule has 1 saturated heterocycles. The number of nitrogens with one attached hydrogen (secondary N) is 2. The van der Waals surface area contributed by atoms with Crippen molar-refractivity contribution >= 4 is 10.0 Å². The molecule has 1 aromatic rings. The Morgan fingerprint density at radius 2 is 1.90 bits per heavy atom. The molecule has 6 nitrogen and oxygen atoms in total. The molecule has 3 rings (SSSR count). The molecule has 1 aliphatic heterocycles. The highest BCUT2D eigenvalue weighted by molar-refractivity contribution is 7.88. The Morgan fingerprint density at radius 1 is 1.17 bits per heavy atom. The zero-order valence-corrected chi connectivity index (χ0v) is 18.4. The minimum absolute atomic E-state index is 0.0315. The number of sulfonamides is 1. The van der Waals surface area contributed by atoms with Crippen LogP contribution < -0.4 is 14.8 Å². The van der Waals surface area contributed by atoms with Gasteiger partial charge in [-0.1, -0.05) is 0 Å². The number of rotatable bonds is 8. The fraction of sp³-hybridized carbons (Fsp3) is 0.714. The molecule has 30 heavy (non-hydrogen) atoms. The maximum Gasteiger partial charge on any atom is 0.209 e. The monoisotopic (exact) mass is 446 g/mol. The molecule has 0 spiro atoms. The summed E-state index contributed by atoms with van der Waals surface area (Å²) in [5.74, 6) is -1.05. The Balaban J connectivity index is 1.55. The normalized spacial score (nSPS) is 27.7. The quantitative estimate of drug-likeness (QED) is 0.642. The van der Waals surface area contributed by atoms with Crippen LogP contribution in [-0.4, -0.2) is 52.6 Å². The predicted octanol–water partition coefficient (Wildman–Crippen LogP) is 3.08. The average molecular weight is 447 g/mol. The summed E-state index contributed by atoms with van der Waals surface area (Å²) < 4.78 is 65.4. The second-order valence-electron chi connectivity index (χ2n) is 8.25. The third-order valence-electron chi connectivity index (χ3n) is 5.90. The lowest BCUT2D eigenvalue weighted by Crippen LogP contribution is -2.55. The number of halogens is 2. The molecule has 2 atom stereocenters. The van der Waals surface area contributed by atoms with Crippen molar-refractivity contribution in [1.29, 1.82) is 0 Å². The average Bonchev–Trinajstić information content (AvgIpc) is 2.68. The van der Waals surface area contributed by atoms with Crippen molar-refractivity contribution in [2.75, 3.05) is 26.0 Å². The number of hydrogen-bond acceptors (Lipinski definition) is 5. The zero-order valence-electron chi connectivity index (χ0n) is 17.6. The van der Waals surface area contributed by atoms with E-state index in [1.807, 2.05) is 0 Å². The SMILES string of the molecule is CCOc1c(F)cc(F)cc1C1CCC(OC[C@@H]2NCCC[C@@H]2NS(C)(=O)=O)CC1. The third kappa shape index (κ3) is 6.35. The van der Waals surface area contributed by atoms with Crippen molar-refractivity contribution in [1.82, 2.24) is 10.0 Å². The summed E-state index contributed by atoms with van der Waals surface area (Å²) in [5, 5.41) is 3.35. The van der Waals surface area contributed by atoms with Gasteiger partial charge in [0.25, 0.3) is 0 Å². The summed E-state index contributed by atoms with van der Waals surface area (Å²) in [6.45, 7) is 3.38. The van der Waals surface area contributed by atoms with Gasteiger partial charge in [0.1, 0.15) is 5.82 Å². The van der Waals surface area contributed by atoms with Crippen molar-refractivity contribution in [3.05, 3.63) is 29.3 Å². The predicted molar refractivity (Wildman–Crippen MR) is 111 cm³/mol. The Bertz CT molecular complexity index is 813. The summed E-state index contributed by atoms with van der Waals surface area (Å²) in [6.07, 6.45) is 6.02. The molecule has 2 fully saturated rings. The van der Waals surface area contributed by atoms with Crippen LogP contribution in [-0.2, 0) is 14.8 Å². The van der Waals surface area contributed by atoms with Crippen LogP contribution in [0.15, 0.2) is 12.1 Å². The van der Waals surface area contributed by atoms with E-state index in [-0.39, 0.29) is 29.9 Å². The Morgan fingerprint density at radius 3 is 2.57 bits per heavy atom. The third-order valence-corrected chi connectivity index (χ3v) is 6.63. The van der Waals surface area contributed by atoms with Crippen LogP contribution in [0.2, 0.25) is 0 Å². The van der Waals surface area contributed by atoms with E-state index in [0.29, 0.717) is 18.8 Å². The van der Waals surface area contributed by atoms with Crippen molar-refractivity contribution in [2.24, 2.45) is 0 Å². The first kappa shape index (κ1) is 23.4. The molecule has 0 aromatic heterocycles. The molecule has 0 amide bonds. The van der Waals surface area contributed by atoms with E-state index >= 15 is 0 Å². The van der Waals surface area contributed by atoms with E-state index in [0.717, 1.165) is 51.1 Å². The molecule has 2 aliphatic rings.